The van der Waals surface area contributed by atoms with E-state index < -0.39 is 0 Å². The number of rotatable bonds is 7. The van der Waals surface area contributed by atoms with Gasteiger partial charge in [0.1, 0.15) is 0 Å². The molecule has 0 fully saturated rings. The van der Waals surface area contributed by atoms with Gasteiger partial charge in [-0.3, -0.25) is 4.90 Å². The molecule has 0 aromatic heterocycles. The van der Waals surface area contributed by atoms with Crippen LogP contribution < -0.4 is 5.73 Å². The zero-order valence-corrected chi connectivity index (χ0v) is 13.0. The van der Waals surface area contributed by atoms with Crippen LogP contribution in [0.3, 0.4) is 0 Å². The number of hydrogen-bond acceptors (Lipinski definition) is 3. The summed E-state index contributed by atoms with van der Waals surface area (Å²) >= 11 is 0. The fraction of sp³-hybridized carbons (Fsp3) is 1.00. The van der Waals surface area contributed by atoms with Gasteiger partial charge < -0.3 is 10.6 Å². The van der Waals surface area contributed by atoms with Crippen molar-refractivity contribution in [3.8, 4) is 0 Å². The minimum absolute atomic E-state index is 0.212. The maximum absolute atomic E-state index is 6.21. The minimum atomic E-state index is 0.212. The normalized spacial score (nSPS) is 16.6. The summed E-state index contributed by atoms with van der Waals surface area (Å²) in [6.45, 7) is 14.6. The molecule has 0 amide bonds. The van der Waals surface area contributed by atoms with E-state index in [9.17, 15) is 0 Å². The predicted octanol–water partition coefficient (Wildman–Crippen LogP) is 2.02. The summed E-state index contributed by atoms with van der Waals surface area (Å²) in [6.07, 6.45) is 1.19. The fourth-order valence-corrected chi connectivity index (χ4v) is 2.67. The molecule has 0 heterocycles. The zero-order valence-electron chi connectivity index (χ0n) is 13.0. The van der Waals surface area contributed by atoms with Crippen LogP contribution in [0, 0.1) is 5.41 Å². The highest BCUT2D eigenvalue weighted by Gasteiger charge is 2.32. The Bertz CT molecular complexity index is 194. The lowest BCUT2D eigenvalue weighted by atomic mass is 9.81. The van der Waals surface area contributed by atoms with E-state index in [2.05, 4.69) is 58.5 Å². The number of hydrogen-bond donors (Lipinski definition) is 1. The van der Waals surface area contributed by atoms with Crippen molar-refractivity contribution in [1.82, 2.24) is 9.80 Å². The van der Waals surface area contributed by atoms with E-state index in [1.807, 2.05) is 0 Å². The summed E-state index contributed by atoms with van der Waals surface area (Å²) in [5, 5.41) is 0. The van der Waals surface area contributed by atoms with E-state index in [4.69, 9.17) is 5.73 Å². The van der Waals surface area contributed by atoms with Crippen LogP contribution in [0.2, 0.25) is 0 Å². The third kappa shape index (κ3) is 6.39. The second-order valence-electron chi connectivity index (χ2n) is 6.51. The third-order valence-corrected chi connectivity index (χ3v) is 3.12. The Labute approximate surface area is 108 Å². The molecule has 2 unspecified atom stereocenters. The lowest BCUT2D eigenvalue weighted by Crippen LogP contribution is -2.55. The Morgan fingerprint density at radius 2 is 1.59 bits per heavy atom. The predicted molar refractivity (Wildman–Crippen MR) is 77.3 cm³/mol. The second-order valence-corrected chi connectivity index (χ2v) is 6.51. The molecule has 0 spiro atoms. The number of nitrogens with two attached hydrogens (primary N) is 1. The molecule has 3 nitrogen and oxygen atoms in total. The van der Waals surface area contributed by atoms with E-state index in [1.165, 1.54) is 6.42 Å². The summed E-state index contributed by atoms with van der Waals surface area (Å²) in [4.78, 5) is 4.80. The quantitative estimate of drug-likeness (QED) is 0.742. The SMILES string of the molecule is CCCN(CCN(C)C)C(C(C)N)C(C)(C)C. The highest BCUT2D eigenvalue weighted by molar-refractivity contribution is 4.89. The standard InChI is InChI=1S/C14H33N3/c1-8-9-17(11-10-16(6)7)13(12(2)15)14(3,4)5/h12-13H,8-11,15H2,1-7H3. The van der Waals surface area contributed by atoms with E-state index in [0.717, 1.165) is 19.6 Å². The van der Waals surface area contributed by atoms with Gasteiger partial charge in [-0.1, -0.05) is 27.7 Å². The van der Waals surface area contributed by atoms with Gasteiger partial charge in [-0.25, -0.2) is 0 Å². The Morgan fingerprint density at radius 1 is 1.06 bits per heavy atom. The molecule has 0 aliphatic heterocycles. The van der Waals surface area contributed by atoms with E-state index in [1.54, 1.807) is 0 Å². The molecule has 17 heavy (non-hydrogen) atoms. The summed E-state index contributed by atoms with van der Waals surface area (Å²) in [5.74, 6) is 0. The minimum Gasteiger partial charge on any atom is -0.327 e. The van der Waals surface area contributed by atoms with E-state index in [0.29, 0.717) is 6.04 Å². The highest BCUT2D eigenvalue weighted by Crippen LogP contribution is 2.26. The van der Waals surface area contributed by atoms with Crippen molar-refractivity contribution in [1.29, 1.82) is 0 Å². The average molecular weight is 243 g/mol. The van der Waals surface area contributed by atoms with Crippen LogP contribution in [0.15, 0.2) is 0 Å². The molecule has 104 valence electrons. The van der Waals surface area contributed by atoms with Crippen LogP contribution in [0.1, 0.15) is 41.0 Å². The van der Waals surface area contributed by atoms with Gasteiger partial charge >= 0.3 is 0 Å². The molecule has 0 aromatic carbocycles. The highest BCUT2D eigenvalue weighted by atomic mass is 15.2. The molecule has 0 aliphatic rings. The van der Waals surface area contributed by atoms with Crippen LogP contribution in [-0.2, 0) is 0 Å². The Morgan fingerprint density at radius 3 is 1.88 bits per heavy atom. The first-order valence-corrected chi connectivity index (χ1v) is 6.84. The first-order chi connectivity index (χ1) is 7.70. The molecule has 0 saturated carbocycles. The number of likely N-dealkylation sites (N-methyl/N-ethyl adjacent to an activating group) is 1. The van der Waals surface area contributed by atoms with Crippen molar-refractivity contribution in [2.75, 3.05) is 33.7 Å². The van der Waals surface area contributed by atoms with Crippen LogP contribution in [0.5, 0.6) is 0 Å². The van der Waals surface area contributed by atoms with Gasteiger partial charge in [-0.05, 0) is 39.4 Å². The fourth-order valence-electron chi connectivity index (χ4n) is 2.67. The molecular weight excluding hydrogens is 210 g/mol. The molecule has 0 bridgehead atoms. The van der Waals surface area contributed by atoms with Gasteiger partial charge in [0.05, 0.1) is 0 Å². The molecule has 0 rings (SSSR count). The summed E-state index contributed by atoms with van der Waals surface area (Å²) in [5.41, 5.74) is 6.44. The van der Waals surface area contributed by atoms with Gasteiger partial charge in [0.15, 0.2) is 0 Å². The van der Waals surface area contributed by atoms with Crippen molar-refractivity contribution in [3.05, 3.63) is 0 Å². The lowest BCUT2D eigenvalue weighted by molar-refractivity contribution is 0.0756. The van der Waals surface area contributed by atoms with E-state index in [-0.39, 0.29) is 11.5 Å². The van der Waals surface area contributed by atoms with Crippen molar-refractivity contribution in [2.45, 2.75) is 53.1 Å². The lowest BCUT2D eigenvalue weighted by Gasteiger charge is -2.43. The average Bonchev–Trinajstić information content (AvgIpc) is 2.11. The molecular formula is C14H33N3. The van der Waals surface area contributed by atoms with Gasteiger partial charge in [-0.15, -0.1) is 0 Å². The first kappa shape index (κ1) is 16.9. The monoisotopic (exact) mass is 243 g/mol. The van der Waals surface area contributed by atoms with Crippen molar-refractivity contribution < 1.29 is 0 Å². The maximum atomic E-state index is 6.21. The van der Waals surface area contributed by atoms with Crippen molar-refractivity contribution in [2.24, 2.45) is 11.1 Å². The topological polar surface area (TPSA) is 32.5 Å². The Hall–Kier alpha value is -0.120. The number of nitrogens with zero attached hydrogens (tertiary/aromatic N) is 2. The van der Waals surface area contributed by atoms with Gasteiger partial charge in [0.2, 0.25) is 0 Å². The Balaban J connectivity index is 4.71. The summed E-state index contributed by atoms with van der Waals surface area (Å²) in [6, 6.07) is 0.658. The van der Waals surface area contributed by atoms with Crippen molar-refractivity contribution in [3.63, 3.8) is 0 Å². The summed E-state index contributed by atoms with van der Waals surface area (Å²) < 4.78 is 0. The van der Waals surface area contributed by atoms with E-state index >= 15 is 0 Å². The van der Waals surface area contributed by atoms with Gasteiger partial charge in [0.25, 0.3) is 0 Å². The van der Waals surface area contributed by atoms with Crippen LogP contribution in [0.25, 0.3) is 0 Å². The van der Waals surface area contributed by atoms with Crippen molar-refractivity contribution >= 4 is 0 Å². The van der Waals surface area contributed by atoms with Crippen LogP contribution >= 0.6 is 0 Å². The second kappa shape index (κ2) is 7.34. The van der Waals surface area contributed by atoms with Gasteiger partial charge in [-0.2, -0.15) is 0 Å². The molecule has 0 radical (unpaired) electrons. The third-order valence-electron chi connectivity index (χ3n) is 3.12. The summed E-state index contributed by atoms with van der Waals surface area (Å²) in [7, 11) is 4.25. The first-order valence-electron chi connectivity index (χ1n) is 6.84. The zero-order chi connectivity index (χ0) is 13.6. The van der Waals surface area contributed by atoms with Crippen LogP contribution in [-0.4, -0.2) is 55.6 Å². The maximum Gasteiger partial charge on any atom is 0.0293 e. The molecule has 2 atom stereocenters. The van der Waals surface area contributed by atoms with Crippen LogP contribution in [0.4, 0.5) is 0 Å². The smallest absolute Gasteiger partial charge is 0.0293 e. The molecule has 0 aliphatic carbocycles. The van der Waals surface area contributed by atoms with Gasteiger partial charge in [0, 0.05) is 25.2 Å². The molecule has 0 saturated heterocycles. The molecule has 2 N–H and O–H groups in total. The largest absolute Gasteiger partial charge is 0.327 e. The Kier molecular flexibility index (Phi) is 7.29. The molecule has 3 heteroatoms. The molecule has 0 aromatic rings.